The SMILES string of the molecule is Cc1cc(C#CCCO)cc(C(=O)NCc2cccs2)c1. The maximum Gasteiger partial charge on any atom is 0.251 e. The number of carbonyl (C=O) groups is 1. The van der Waals surface area contributed by atoms with Crippen molar-refractivity contribution in [1.82, 2.24) is 5.32 Å². The van der Waals surface area contributed by atoms with Crippen LogP contribution in [0.4, 0.5) is 0 Å². The van der Waals surface area contributed by atoms with E-state index in [1.165, 1.54) is 0 Å². The lowest BCUT2D eigenvalue weighted by molar-refractivity contribution is 0.0951. The molecule has 0 bridgehead atoms. The summed E-state index contributed by atoms with van der Waals surface area (Å²) in [5, 5.41) is 13.6. The van der Waals surface area contributed by atoms with Gasteiger partial charge in [-0.15, -0.1) is 11.3 Å². The first kappa shape index (κ1) is 15.3. The Labute approximate surface area is 128 Å². The first-order valence-corrected chi connectivity index (χ1v) is 7.59. The van der Waals surface area contributed by atoms with Crippen molar-refractivity contribution in [1.29, 1.82) is 0 Å². The molecule has 0 saturated heterocycles. The van der Waals surface area contributed by atoms with Crippen LogP contribution in [0.2, 0.25) is 0 Å². The number of aliphatic hydroxyl groups is 1. The molecule has 0 atom stereocenters. The van der Waals surface area contributed by atoms with Crippen LogP contribution in [-0.2, 0) is 6.54 Å². The highest BCUT2D eigenvalue weighted by atomic mass is 32.1. The van der Waals surface area contributed by atoms with Gasteiger partial charge in [-0.05, 0) is 42.1 Å². The Kier molecular flexibility index (Phi) is 5.56. The monoisotopic (exact) mass is 299 g/mol. The van der Waals surface area contributed by atoms with Gasteiger partial charge in [0.25, 0.3) is 5.91 Å². The molecule has 0 aliphatic heterocycles. The molecule has 3 nitrogen and oxygen atoms in total. The molecule has 1 aromatic carbocycles. The molecule has 0 aliphatic rings. The number of hydrogen-bond acceptors (Lipinski definition) is 3. The summed E-state index contributed by atoms with van der Waals surface area (Å²) in [6, 6.07) is 9.52. The van der Waals surface area contributed by atoms with E-state index in [-0.39, 0.29) is 12.5 Å². The largest absolute Gasteiger partial charge is 0.395 e. The number of rotatable bonds is 4. The van der Waals surface area contributed by atoms with Crippen molar-refractivity contribution in [2.45, 2.75) is 19.9 Å². The molecule has 21 heavy (non-hydrogen) atoms. The summed E-state index contributed by atoms with van der Waals surface area (Å²) in [6.45, 7) is 2.52. The van der Waals surface area contributed by atoms with Crippen LogP contribution in [-0.4, -0.2) is 17.6 Å². The Morgan fingerprint density at radius 3 is 2.95 bits per heavy atom. The molecule has 0 aliphatic carbocycles. The third kappa shape index (κ3) is 4.75. The van der Waals surface area contributed by atoms with Gasteiger partial charge in [-0.3, -0.25) is 4.79 Å². The predicted molar refractivity (Wildman–Crippen MR) is 85.2 cm³/mol. The minimum absolute atomic E-state index is 0.0486. The van der Waals surface area contributed by atoms with Crippen LogP contribution in [0.15, 0.2) is 35.7 Å². The van der Waals surface area contributed by atoms with Crippen molar-refractivity contribution in [2.75, 3.05) is 6.61 Å². The molecule has 2 N–H and O–H groups in total. The number of hydrogen-bond donors (Lipinski definition) is 2. The van der Waals surface area contributed by atoms with Gasteiger partial charge in [0.1, 0.15) is 0 Å². The van der Waals surface area contributed by atoms with Crippen molar-refractivity contribution in [3.63, 3.8) is 0 Å². The van der Waals surface area contributed by atoms with Crippen LogP contribution in [0.5, 0.6) is 0 Å². The zero-order valence-corrected chi connectivity index (χ0v) is 12.7. The molecule has 2 rings (SSSR count). The van der Waals surface area contributed by atoms with Gasteiger partial charge in [0.05, 0.1) is 13.2 Å². The molecule has 1 heterocycles. The minimum atomic E-state index is -0.0997. The van der Waals surface area contributed by atoms with E-state index in [1.807, 2.05) is 36.6 Å². The Bertz CT molecular complexity index is 666. The molecule has 1 amide bonds. The van der Waals surface area contributed by atoms with E-state index < -0.39 is 0 Å². The second kappa shape index (κ2) is 7.63. The lowest BCUT2D eigenvalue weighted by Crippen LogP contribution is -2.22. The summed E-state index contributed by atoms with van der Waals surface area (Å²) in [4.78, 5) is 13.3. The minimum Gasteiger partial charge on any atom is -0.395 e. The van der Waals surface area contributed by atoms with Crippen molar-refractivity contribution < 1.29 is 9.90 Å². The van der Waals surface area contributed by atoms with E-state index in [9.17, 15) is 4.79 Å². The summed E-state index contributed by atoms with van der Waals surface area (Å²) < 4.78 is 0. The van der Waals surface area contributed by atoms with Crippen LogP contribution < -0.4 is 5.32 Å². The number of nitrogens with one attached hydrogen (secondary N) is 1. The smallest absolute Gasteiger partial charge is 0.251 e. The van der Waals surface area contributed by atoms with Gasteiger partial charge < -0.3 is 10.4 Å². The Morgan fingerprint density at radius 1 is 1.38 bits per heavy atom. The maximum atomic E-state index is 12.2. The van der Waals surface area contributed by atoms with Crippen LogP contribution in [0.1, 0.15) is 32.8 Å². The van der Waals surface area contributed by atoms with E-state index in [0.717, 1.165) is 16.0 Å². The molecule has 4 heteroatoms. The molecular weight excluding hydrogens is 282 g/mol. The topological polar surface area (TPSA) is 49.3 Å². The number of benzene rings is 1. The fourth-order valence-corrected chi connectivity index (χ4v) is 2.53. The second-order valence-corrected chi connectivity index (χ2v) is 5.66. The standard InChI is InChI=1S/C17H17NO2S/c1-13-9-14(5-2-3-7-19)11-15(10-13)17(20)18-12-16-6-4-8-21-16/h4,6,8-11,19H,3,7,12H2,1H3,(H,18,20). The van der Waals surface area contributed by atoms with Gasteiger partial charge in [0, 0.05) is 22.4 Å². The van der Waals surface area contributed by atoms with Crippen LogP contribution >= 0.6 is 11.3 Å². The van der Waals surface area contributed by atoms with Gasteiger partial charge in [0.15, 0.2) is 0 Å². The lowest BCUT2D eigenvalue weighted by atomic mass is 10.1. The fourth-order valence-electron chi connectivity index (χ4n) is 1.89. The van der Waals surface area contributed by atoms with Crippen LogP contribution in [0.3, 0.4) is 0 Å². The number of aryl methyl sites for hydroxylation is 1. The zero-order valence-electron chi connectivity index (χ0n) is 11.8. The van der Waals surface area contributed by atoms with Crippen molar-refractivity contribution in [3.05, 3.63) is 57.3 Å². The highest BCUT2D eigenvalue weighted by Crippen LogP contribution is 2.11. The number of amides is 1. The van der Waals surface area contributed by atoms with E-state index in [0.29, 0.717) is 18.5 Å². The van der Waals surface area contributed by atoms with Crippen molar-refractivity contribution in [2.24, 2.45) is 0 Å². The van der Waals surface area contributed by atoms with Gasteiger partial charge in [-0.2, -0.15) is 0 Å². The number of thiophene rings is 1. The van der Waals surface area contributed by atoms with Crippen molar-refractivity contribution in [3.8, 4) is 11.8 Å². The third-order valence-corrected chi connectivity index (χ3v) is 3.69. The Balaban J connectivity index is 2.08. The highest BCUT2D eigenvalue weighted by molar-refractivity contribution is 7.09. The molecule has 0 radical (unpaired) electrons. The van der Waals surface area contributed by atoms with E-state index in [1.54, 1.807) is 17.4 Å². The van der Waals surface area contributed by atoms with E-state index in [4.69, 9.17) is 5.11 Å². The molecule has 0 spiro atoms. The van der Waals surface area contributed by atoms with Gasteiger partial charge in [-0.25, -0.2) is 0 Å². The summed E-state index contributed by atoms with van der Waals surface area (Å²) in [7, 11) is 0. The molecule has 0 saturated carbocycles. The summed E-state index contributed by atoms with van der Waals surface area (Å²) in [5.74, 6) is 5.73. The molecule has 1 aromatic heterocycles. The molecule has 2 aromatic rings. The average Bonchev–Trinajstić information content (AvgIpc) is 2.98. The van der Waals surface area contributed by atoms with Crippen LogP contribution in [0, 0.1) is 18.8 Å². The predicted octanol–water partition coefficient (Wildman–Crippen LogP) is 2.72. The van der Waals surface area contributed by atoms with E-state index >= 15 is 0 Å². The zero-order chi connectivity index (χ0) is 15.1. The molecular formula is C17H17NO2S. The Hall–Kier alpha value is -2.09. The Morgan fingerprint density at radius 2 is 2.24 bits per heavy atom. The summed E-state index contributed by atoms with van der Waals surface area (Å²) in [5.41, 5.74) is 2.40. The summed E-state index contributed by atoms with van der Waals surface area (Å²) in [6.07, 6.45) is 0.438. The number of aliphatic hydroxyl groups excluding tert-OH is 1. The molecule has 0 unspecified atom stereocenters. The van der Waals surface area contributed by atoms with Crippen LogP contribution in [0.25, 0.3) is 0 Å². The lowest BCUT2D eigenvalue weighted by Gasteiger charge is -2.05. The van der Waals surface area contributed by atoms with Gasteiger partial charge in [0.2, 0.25) is 0 Å². The quantitative estimate of drug-likeness (QED) is 0.853. The first-order valence-electron chi connectivity index (χ1n) is 6.71. The maximum absolute atomic E-state index is 12.2. The second-order valence-electron chi connectivity index (χ2n) is 4.63. The average molecular weight is 299 g/mol. The van der Waals surface area contributed by atoms with Gasteiger partial charge >= 0.3 is 0 Å². The fraction of sp³-hybridized carbons (Fsp3) is 0.235. The molecule has 0 fully saturated rings. The van der Waals surface area contributed by atoms with Gasteiger partial charge in [-0.1, -0.05) is 17.9 Å². The normalized spacial score (nSPS) is 9.81. The highest BCUT2D eigenvalue weighted by Gasteiger charge is 2.07. The summed E-state index contributed by atoms with van der Waals surface area (Å²) >= 11 is 1.62. The molecule has 108 valence electrons. The first-order chi connectivity index (χ1) is 10.2. The van der Waals surface area contributed by atoms with Crippen molar-refractivity contribution >= 4 is 17.2 Å². The third-order valence-electron chi connectivity index (χ3n) is 2.81. The number of carbonyl (C=O) groups excluding carboxylic acids is 1. The van der Waals surface area contributed by atoms with E-state index in [2.05, 4.69) is 17.2 Å².